The molecule has 0 atom stereocenters. The number of ether oxygens (including phenoxy) is 2. The summed E-state index contributed by atoms with van der Waals surface area (Å²) >= 11 is 0. The van der Waals surface area contributed by atoms with Gasteiger partial charge in [0.25, 0.3) is 6.26 Å². The Hall–Kier alpha value is -2.68. The minimum Gasteiger partial charge on any atom is -0.471 e. The number of nitriles is 1. The van der Waals surface area contributed by atoms with E-state index in [0.717, 1.165) is 11.1 Å². The first kappa shape index (κ1) is 13.7. The quantitative estimate of drug-likeness (QED) is 0.669. The molecule has 2 rings (SSSR count). The van der Waals surface area contributed by atoms with Crippen LogP contribution in [0, 0.1) is 11.5 Å². The highest BCUT2D eigenvalue weighted by atomic mass is 16.5. The third-order valence-corrected chi connectivity index (χ3v) is 2.86. The van der Waals surface area contributed by atoms with Crippen LogP contribution >= 0.6 is 0 Å². The molecular weight excluding hydrogens is 258 g/mol. The third-order valence-electron chi connectivity index (χ3n) is 2.86. The molecule has 6 nitrogen and oxygen atoms in total. The molecule has 2 aromatic rings. The van der Waals surface area contributed by atoms with Gasteiger partial charge in [0.15, 0.2) is 0 Å². The van der Waals surface area contributed by atoms with E-state index in [-0.39, 0.29) is 12.5 Å². The van der Waals surface area contributed by atoms with Gasteiger partial charge in [0.05, 0.1) is 6.20 Å². The maximum Gasteiger partial charge on any atom is 0.292 e. The molecule has 1 aromatic heterocycles. The number of hydrogen-bond donors (Lipinski definition) is 1. The molecule has 0 saturated carbocycles. The molecule has 0 aliphatic heterocycles. The molecule has 0 saturated heterocycles. The number of aromatic nitrogens is 2. The number of nitrogens with zero attached hydrogens (tertiary/aromatic N) is 3. The van der Waals surface area contributed by atoms with Crippen LogP contribution in [-0.2, 0) is 6.61 Å². The van der Waals surface area contributed by atoms with E-state index in [0.29, 0.717) is 16.5 Å². The summed E-state index contributed by atoms with van der Waals surface area (Å²) in [6, 6.07) is 7.08. The van der Waals surface area contributed by atoms with Gasteiger partial charge in [0, 0.05) is 11.6 Å². The van der Waals surface area contributed by atoms with Crippen LogP contribution in [0.2, 0.25) is 0 Å². The molecule has 1 heterocycles. The summed E-state index contributed by atoms with van der Waals surface area (Å²) in [5, 5.41) is 21.5. The largest absolute Gasteiger partial charge is 0.471 e. The van der Waals surface area contributed by atoms with Crippen molar-refractivity contribution in [1.29, 1.82) is 5.26 Å². The predicted octanol–water partition coefficient (Wildman–Crippen LogP) is 2.68. The van der Waals surface area contributed by atoms with E-state index in [1.54, 1.807) is 18.4 Å². The van der Waals surface area contributed by atoms with Crippen molar-refractivity contribution in [1.82, 2.24) is 9.94 Å². The van der Waals surface area contributed by atoms with E-state index >= 15 is 0 Å². The van der Waals surface area contributed by atoms with E-state index < -0.39 is 0 Å². The average Bonchev–Trinajstić information content (AvgIpc) is 2.83. The minimum atomic E-state index is 0.211. The van der Waals surface area contributed by atoms with Gasteiger partial charge >= 0.3 is 0 Å². The SMILES string of the molecule is CC(C)c1cccc(OC#N)c1COc1ccn(O)n1. The zero-order valence-corrected chi connectivity index (χ0v) is 11.3. The van der Waals surface area contributed by atoms with E-state index in [1.807, 2.05) is 12.1 Å². The maximum atomic E-state index is 9.09. The van der Waals surface area contributed by atoms with Gasteiger partial charge in [-0.15, -0.1) is 10.1 Å². The molecule has 0 bridgehead atoms. The van der Waals surface area contributed by atoms with Gasteiger partial charge in [-0.2, -0.15) is 0 Å². The summed E-state index contributed by atoms with van der Waals surface area (Å²) in [6.07, 6.45) is 3.05. The van der Waals surface area contributed by atoms with Gasteiger partial charge in [0.1, 0.15) is 12.4 Å². The Bertz CT molecular complexity index is 629. The van der Waals surface area contributed by atoms with Gasteiger partial charge < -0.3 is 14.7 Å². The summed E-state index contributed by atoms with van der Waals surface area (Å²) in [7, 11) is 0. The predicted molar refractivity (Wildman–Crippen MR) is 70.5 cm³/mol. The van der Waals surface area contributed by atoms with Crippen molar-refractivity contribution in [3.05, 3.63) is 41.6 Å². The molecule has 0 amide bonds. The lowest BCUT2D eigenvalue weighted by Crippen LogP contribution is -2.05. The van der Waals surface area contributed by atoms with Crippen LogP contribution in [0.1, 0.15) is 30.9 Å². The highest BCUT2D eigenvalue weighted by molar-refractivity contribution is 5.42. The van der Waals surface area contributed by atoms with Crippen LogP contribution in [0.15, 0.2) is 30.5 Å². The molecular formula is C14H15N3O3. The monoisotopic (exact) mass is 273 g/mol. The Morgan fingerprint density at radius 2 is 2.20 bits per heavy atom. The first-order valence-electron chi connectivity index (χ1n) is 6.17. The second kappa shape index (κ2) is 5.97. The fraction of sp³-hybridized carbons (Fsp3) is 0.286. The van der Waals surface area contributed by atoms with Gasteiger partial charge in [-0.3, -0.25) is 0 Å². The molecule has 1 aromatic carbocycles. The summed E-state index contributed by atoms with van der Waals surface area (Å²) in [5.41, 5.74) is 1.85. The Kier molecular flexibility index (Phi) is 4.11. The summed E-state index contributed by atoms with van der Waals surface area (Å²) < 4.78 is 10.5. The minimum absolute atomic E-state index is 0.211. The molecule has 0 unspecified atom stereocenters. The second-order valence-electron chi connectivity index (χ2n) is 4.54. The normalized spacial score (nSPS) is 10.3. The van der Waals surface area contributed by atoms with Crippen LogP contribution in [0.5, 0.6) is 11.6 Å². The van der Waals surface area contributed by atoms with E-state index in [1.165, 1.54) is 6.20 Å². The summed E-state index contributed by atoms with van der Waals surface area (Å²) in [4.78, 5) is 0.677. The van der Waals surface area contributed by atoms with Gasteiger partial charge in [-0.25, -0.2) is 0 Å². The van der Waals surface area contributed by atoms with Crippen LogP contribution in [0.4, 0.5) is 0 Å². The molecule has 0 spiro atoms. The molecule has 1 N–H and O–H groups in total. The molecule has 104 valence electrons. The van der Waals surface area contributed by atoms with Crippen molar-refractivity contribution >= 4 is 0 Å². The average molecular weight is 273 g/mol. The van der Waals surface area contributed by atoms with Gasteiger partial charge in [-0.1, -0.05) is 31.1 Å². The van der Waals surface area contributed by atoms with Crippen LogP contribution in [0.25, 0.3) is 0 Å². The zero-order chi connectivity index (χ0) is 14.5. The van der Waals surface area contributed by atoms with Crippen molar-refractivity contribution in [2.24, 2.45) is 0 Å². The van der Waals surface area contributed by atoms with Crippen LogP contribution in [0.3, 0.4) is 0 Å². The van der Waals surface area contributed by atoms with E-state index in [4.69, 9.17) is 19.9 Å². The standard InChI is InChI=1S/C14H15N3O3/c1-10(2)11-4-3-5-13(20-9-15)12(11)8-19-14-6-7-17(18)16-14/h3-7,10,18H,8H2,1-2H3. The van der Waals surface area contributed by atoms with Crippen molar-refractivity contribution in [3.63, 3.8) is 0 Å². The fourth-order valence-electron chi connectivity index (χ4n) is 1.94. The third kappa shape index (κ3) is 3.01. The summed E-state index contributed by atoms with van der Waals surface area (Å²) in [6.45, 7) is 4.32. The lowest BCUT2D eigenvalue weighted by molar-refractivity contribution is 0.141. The molecule has 0 radical (unpaired) electrons. The molecule has 6 heteroatoms. The van der Waals surface area contributed by atoms with E-state index in [2.05, 4.69) is 18.9 Å². The Labute approximate surface area is 116 Å². The van der Waals surface area contributed by atoms with Crippen molar-refractivity contribution in [2.75, 3.05) is 0 Å². The fourth-order valence-corrected chi connectivity index (χ4v) is 1.94. The first-order chi connectivity index (χ1) is 9.61. The van der Waals surface area contributed by atoms with E-state index in [9.17, 15) is 0 Å². The number of benzene rings is 1. The zero-order valence-electron chi connectivity index (χ0n) is 11.3. The Morgan fingerprint density at radius 1 is 1.40 bits per heavy atom. The van der Waals surface area contributed by atoms with Crippen molar-refractivity contribution in [3.8, 4) is 17.9 Å². The maximum absolute atomic E-state index is 9.09. The smallest absolute Gasteiger partial charge is 0.292 e. The topological polar surface area (TPSA) is 80.3 Å². The lowest BCUT2D eigenvalue weighted by atomic mass is 9.97. The Morgan fingerprint density at radius 3 is 2.80 bits per heavy atom. The number of hydrogen-bond acceptors (Lipinski definition) is 5. The molecule has 0 aliphatic rings. The van der Waals surface area contributed by atoms with Crippen LogP contribution < -0.4 is 9.47 Å². The molecule has 0 aliphatic carbocycles. The highest BCUT2D eigenvalue weighted by Gasteiger charge is 2.14. The molecule has 0 fully saturated rings. The first-order valence-corrected chi connectivity index (χ1v) is 6.17. The second-order valence-corrected chi connectivity index (χ2v) is 4.54. The lowest BCUT2D eigenvalue weighted by Gasteiger charge is -2.15. The number of rotatable bonds is 5. The van der Waals surface area contributed by atoms with Gasteiger partial charge in [-0.05, 0) is 17.5 Å². The Balaban J connectivity index is 2.25. The van der Waals surface area contributed by atoms with Crippen molar-refractivity contribution < 1.29 is 14.7 Å². The highest BCUT2D eigenvalue weighted by Crippen LogP contribution is 2.29. The summed E-state index contributed by atoms with van der Waals surface area (Å²) in [5.74, 6) is 1.04. The van der Waals surface area contributed by atoms with Crippen molar-refractivity contribution in [2.45, 2.75) is 26.4 Å². The molecule has 20 heavy (non-hydrogen) atoms. The van der Waals surface area contributed by atoms with Gasteiger partial charge in [0.2, 0.25) is 5.88 Å². The van der Waals surface area contributed by atoms with Crippen LogP contribution in [-0.4, -0.2) is 15.2 Å².